The van der Waals surface area contributed by atoms with E-state index in [1.165, 1.54) is 0 Å². The molecular formula is C19H25ClN4O3. The van der Waals surface area contributed by atoms with Crippen LogP contribution in [-0.4, -0.2) is 49.6 Å². The molecule has 7 nitrogen and oxygen atoms in total. The molecule has 0 unspecified atom stereocenters. The fourth-order valence-electron chi connectivity index (χ4n) is 3.09. The van der Waals surface area contributed by atoms with Crippen molar-refractivity contribution in [2.75, 3.05) is 13.1 Å². The van der Waals surface area contributed by atoms with E-state index < -0.39 is 11.2 Å². The Hall–Kier alpha value is -2.12. The van der Waals surface area contributed by atoms with E-state index in [2.05, 4.69) is 10.1 Å². The lowest BCUT2D eigenvalue weighted by molar-refractivity contribution is -0.0356. The minimum atomic E-state index is -1.08. The molecule has 0 atom stereocenters. The summed E-state index contributed by atoms with van der Waals surface area (Å²) >= 11 is 6.19. The number of aromatic nitrogens is 3. The Balaban J connectivity index is 1.77. The highest BCUT2D eigenvalue weighted by molar-refractivity contribution is 6.29. The molecule has 1 aliphatic heterocycles. The SMILES string of the molecule is Cc1ccn(-c2cc(C3(O)CCN(C(=O)OC(C)(C)C)CC3)cc(Cl)n2)n1. The quantitative estimate of drug-likeness (QED) is 0.792. The first-order chi connectivity index (χ1) is 12.6. The van der Waals surface area contributed by atoms with E-state index in [9.17, 15) is 9.90 Å². The van der Waals surface area contributed by atoms with Crippen molar-refractivity contribution in [1.82, 2.24) is 19.7 Å². The van der Waals surface area contributed by atoms with E-state index in [1.807, 2.05) is 33.8 Å². The second-order valence-electron chi connectivity index (χ2n) is 7.94. The Bertz CT molecular complexity index is 836. The molecule has 0 aromatic carbocycles. The third kappa shape index (κ3) is 4.59. The summed E-state index contributed by atoms with van der Waals surface area (Å²) < 4.78 is 7.04. The van der Waals surface area contributed by atoms with Gasteiger partial charge in [-0.05, 0) is 64.3 Å². The second kappa shape index (κ2) is 7.13. The Morgan fingerprint density at radius 1 is 1.30 bits per heavy atom. The third-order valence-electron chi connectivity index (χ3n) is 4.52. The van der Waals surface area contributed by atoms with E-state index in [1.54, 1.807) is 27.9 Å². The minimum Gasteiger partial charge on any atom is -0.444 e. The molecule has 0 radical (unpaired) electrons. The van der Waals surface area contributed by atoms with Gasteiger partial charge in [-0.2, -0.15) is 5.10 Å². The molecule has 146 valence electrons. The van der Waals surface area contributed by atoms with Crippen LogP contribution in [0.25, 0.3) is 5.82 Å². The van der Waals surface area contributed by atoms with Crippen molar-refractivity contribution in [2.45, 2.75) is 51.7 Å². The lowest BCUT2D eigenvalue weighted by Gasteiger charge is -2.39. The summed E-state index contributed by atoms with van der Waals surface area (Å²) in [7, 11) is 0. The number of halogens is 1. The van der Waals surface area contributed by atoms with Gasteiger partial charge in [-0.3, -0.25) is 0 Å². The molecule has 1 aliphatic rings. The first-order valence-corrected chi connectivity index (χ1v) is 9.35. The molecule has 1 saturated heterocycles. The summed E-state index contributed by atoms with van der Waals surface area (Å²) in [6.45, 7) is 8.21. The van der Waals surface area contributed by atoms with Crippen LogP contribution in [0.15, 0.2) is 24.4 Å². The van der Waals surface area contributed by atoms with E-state index >= 15 is 0 Å². The average molecular weight is 393 g/mol. The van der Waals surface area contributed by atoms with Crippen LogP contribution in [0.5, 0.6) is 0 Å². The van der Waals surface area contributed by atoms with Gasteiger partial charge >= 0.3 is 6.09 Å². The molecule has 2 aromatic rings. The molecule has 0 spiro atoms. The van der Waals surface area contributed by atoms with Gasteiger partial charge in [-0.15, -0.1) is 0 Å². The van der Waals surface area contributed by atoms with Gasteiger partial charge in [0.05, 0.1) is 11.3 Å². The van der Waals surface area contributed by atoms with Gasteiger partial charge in [0, 0.05) is 19.3 Å². The maximum absolute atomic E-state index is 12.2. The number of hydrogen-bond donors (Lipinski definition) is 1. The van der Waals surface area contributed by atoms with Crippen LogP contribution in [0.4, 0.5) is 4.79 Å². The zero-order valence-corrected chi connectivity index (χ0v) is 16.8. The number of likely N-dealkylation sites (tertiary alicyclic amines) is 1. The summed E-state index contributed by atoms with van der Waals surface area (Å²) in [6.07, 6.45) is 2.23. The summed E-state index contributed by atoms with van der Waals surface area (Å²) in [5, 5.41) is 15.8. The fourth-order valence-corrected chi connectivity index (χ4v) is 3.29. The van der Waals surface area contributed by atoms with Gasteiger partial charge in [0.2, 0.25) is 0 Å². The number of hydrogen-bond acceptors (Lipinski definition) is 5. The Morgan fingerprint density at radius 2 is 1.96 bits per heavy atom. The topological polar surface area (TPSA) is 80.5 Å². The molecule has 0 bridgehead atoms. The summed E-state index contributed by atoms with van der Waals surface area (Å²) in [6, 6.07) is 5.34. The van der Waals surface area contributed by atoms with Crippen LogP contribution in [0.3, 0.4) is 0 Å². The molecule has 8 heteroatoms. The van der Waals surface area contributed by atoms with Crippen molar-refractivity contribution in [2.24, 2.45) is 0 Å². The molecule has 27 heavy (non-hydrogen) atoms. The van der Waals surface area contributed by atoms with Crippen LogP contribution in [0.2, 0.25) is 5.15 Å². The number of rotatable bonds is 2. The largest absolute Gasteiger partial charge is 0.444 e. The fraction of sp³-hybridized carbons (Fsp3) is 0.526. The summed E-state index contributed by atoms with van der Waals surface area (Å²) in [5.74, 6) is 0.550. The lowest BCUT2D eigenvalue weighted by atomic mass is 9.85. The molecular weight excluding hydrogens is 368 g/mol. The van der Waals surface area contributed by atoms with E-state index in [0.29, 0.717) is 42.5 Å². The highest BCUT2D eigenvalue weighted by atomic mass is 35.5. The summed E-state index contributed by atoms with van der Waals surface area (Å²) in [5.41, 5.74) is -0.0837. The first-order valence-electron chi connectivity index (χ1n) is 8.97. The molecule has 2 aromatic heterocycles. The number of ether oxygens (including phenoxy) is 1. The van der Waals surface area contributed by atoms with Crippen molar-refractivity contribution >= 4 is 17.7 Å². The van der Waals surface area contributed by atoms with Crippen LogP contribution >= 0.6 is 11.6 Å². The highest BCUT2D eigenvalue weighted by Gasteiger charge is 2.37. The molecule has 1 fully saturated rings. The first kappa shape index (κ1) is 19.6. The molecule has 1 amide bonds. The van der Waals surface area contributed by atoms with E-state index in [0.717, 1.165) is 5.69 Å². The molecule has 0 saturated carbocycles. The molecule has 3 rings (SSSR count). The van der Waals surface area contributed by atoms with Gasteiger partial charge in [-0.25, -0.2) is 14.5 Å². The minimum absolute atomic E-state index is 0.290. The second-order valence-corrected chi connectivity index (χ2v) is 8.32. The van der Waals surface area contributed by atoms with Crippen LogP contribution < -0.4 is 0 Å². The normalized spacial score (nSPS) is 17.0. The predicted molar refractivity (Wildman–Crippen MR) is 102 cm³/mol. The highest BCUT2D eigenvalue weighted by Crippen LogP contribution is 2.35. The zero-order valence-electron chi connectivity index (χ0n) is 16.1. The Kier molecular flexibility index (Phi) is 5.18. The van der Waals surface area contributed by atoms with Gasteiger partial charge < -0.3 is 14.7 Å². The van der Waals surface area contributed by atoms with Gasteiger partial charge in [0.1, 0.15) is 10.8 Å². The Morgan fingerprint density at radius 3 is 2.52 bits per heavy atom. The molecule has 3 heterocycles. The maximum Gasteiger partial charge on any atom is 0.410 e. The van der Waals surface area contributed by atoms with Gasteiger partial charge in [0.25, 0.3) is 0 Å². The predicted octanol–water partition coefficient (Wildman–Crippen LogP) is 3.45. The van der Waals surface area contributed by atoms with E-state index in [-0.39, 0.29) is 6.09 Å². The number of aliphatic hydroxyl groups is 1. The number of amides is 1. The lowest BCUT2D eigenvalue weighted by Crippen LogP contribution is -2.46. The van der Waals surface area contributed by atoms with Crippen LogP contribution in [-0.2, 0) is 10.3 Å². The Labute approximate surface area is 163 Å². The van der Waals surface area contributed by atoms with Crippen molar-refractivity contribution in [3.05, 3.63) is 40.8 Å². The smallest absolute Gasteiger partial charge is 0.410 e. The average Bonchev–Trinajstić information content (AvgIpc) is 3.00. The van der Waals surface area contributed by atoms with Crippen molar-refractivity contribution < 1.29 is 14.6 Å². The number of aryl methyl sites for hydroxylation is 1. The third-order valence-corrected chi connectivity index (χ3v) is 4.71. The van der Waals surface area contributed by atoms with Crippen LogP contribution in [0, 0.1) is 6.92 Å². The number of nitrogens with zero attached hydrogens (tertiary/aromatic N) is 4. The van der Waals surface area contributed by atoms with Crippen molar-refractivity contribution in [3.8, 4) is 5.82 Å². The maximum atomic E-state index is 12.2. The van der Waals surface area contributed by atoms with Crippen molar-refractivity contribution in [1.29, 1.82) is 0 Å². The zero-order chi connectivity index (χ0) is 19.8. The van der Waals surface area contributed by atoms with Crippen LogP contribution in [0.1, 0.15) is 44.9 Å². The number of pyridine rings is 1. The number of carbonyl (C=O) groups is 1. The number of piperidine rings is 1. The summed E-state index contributed by atoms with van der Waals surface area (Å²) in [4.78, 5) is 18.2. The monoisotopic (exact) mass is 392 g/mol. The molecule has 0 aliphatic carbocycles. The molecule has 1 N–H and O–H groups in total. The van der Waals surface area contributed by atoms with E-state index in [4.69, 9.17) is 16.3 Å². The standard InChI is InChI=1S/C19H25ClN4O3/c1-13-5-8-24(22-13)16-12-14(11-15(20)21-16)19(26)6-9-23(10-7-19)17(25)27-18(2,3)4/h5,8,11-12,26H,6-7,9-10H2,1-4H3. The van der Waals surface area contributed by atoms with Gasteiger partial charge in [-0.1, -0.05) is 11.6 Å². The van der Waals surface area contributed by atoms with Crippen molar-refractivity contribution in [3.63, 3.8) is 0 Å². The number of carbonyl (C=O) groups excluding carboxylic acids is 1. The van der Waals surface area contributed by atoms with Gasteiger partial charge in [0.15, 0.2) is 5.82 Å².